The van der Waals surface area contributed by atoms with Crippen LogP contribution in [-0.2, 0) is 6.18 Å². The van der Waals surface area contributed by atoms with Crippen LogP contribution in [0.2, 0.25) is 0 Å². The summed E-state index contributed by atoms with van der Waals surface area (Å²) >= 11 is 1.28. The van der Waals surface area contributed by atoms with Crippen LogP contribution < -0.4 is 10.9 Å². The Bertz CT molecular complexity index is 1610. The third-order valence-electron chi connectivity index (χ3n) is 5.48. The second kappa shape index (κ2) is 8.58. The molecule has 5 rings (SSSR count). The molecule has 4 aromatic heterocycles. The molecule has 1 aromatic carbocycles. The molecule has 5 aromatic rings. The molecule has 0 saturated heterocycles. The quantitative estimate of drug-likeness (QED) is 0.383. The number of nitrogens with zero attached hydrogens (tertiary/aromatic N) is 4. The number of carbonyl (C=O) groups excluding carboxylic acids is 1. The van der Waals surface area contributed by atoms with Crippen molar-refractivity contribution in [2.24, 2.45) is 0 Å². The van der Waals surface area contributed by atoms with Gasteiger partial charge in [-0.2, -0.15) is 24.5 Å². The zero-order valence-electron chi connectivity index (χ0n) is 18.1. The first-order valence-electron chi connectivity index (χ1n) is 10.4. The Balaban J connectivity index is 1.60. The summed E-state index contributed by atoms with van der Waals surface area (Å²) < 4.78 is 40.2. The molecule has 7 nitrogen and oxygen atoms in total. The van der Waals surface area contributed by atoms with Gasteiger partial charge in [-0.3, -0.25) is 19.1 Å². The van der Waals surface area contributed by atoms with Crippen LogP contribution in [0.1, 0.15) is 34.7 Å². The number of rotatable bonds is 4. The Kier molecular flexibility index (Phi) is 5.56. The Morgan fingerprint density at radius 3 is 2.49 bits per heavy atom. The van der Waals surface area contributed by atoms with Crippen LogP contribution in [0.4, 0.5) is 13.2 Å². The van der Waals surface area contributed by atoms with Crippen molar-refractivity contribution in [1.29, 1.82) is 0 Å². The SMILES string of the molecule is C[C@H](NC(=O)c1cnc2c(n1)c1cscc1c(=O)n2-c1ccc(C(F)(F)F)cc1)c1ccccn1. The lowest BCUT2D eigenvalue weighted by atomic mass is 10.1. The first-order valence-corrected chi connectivity index (χ1v) is 11.4. The van der Waals surface area contributed by atoms with Crippen LogP contribution in [0, 0.1) is 0 Å². The number of alkyl halides is 3. The third-order valence-corrected chi connectivity index (χ3v) is 6.22. The van der Waals surface area contributed by atoms with E-state index < -0.39 is 23.2 Å². The lowest BCUT2D eigenvalue weighted by molar-refractivity contribution is -0.137. The fourth-order valence-electron chi connectivity index (χ4n) is 3.71. The number of pyridine rings is 2. The predicted octanol–water partition coefficient (Wildman–Crippen LogP) is 4.90. The minimum atomic E-state index is -4.50. The summed E-state index contributed by atoms with van der Waals surface area (Å²) in [5, 5.41) is 7.02. The van der Waals surface area contributed by atoms with E-state index in [2.05, 4.69) is 20.3 Å². The Labute approximate surface area is 199 Å². The van der Waals surface area contributed by atoms with E-state index >= 15 is 0 Å². The third kappa shape index (κ3) is 4.14. The maximum Gasteiger partial charge on any atom is 0.416 e. The summed E-state index contributed by atoms with van der Waals surface area (Å²) in [5.74, 6) is -0.479. The van der Waals surface area contributed by atoms with E-state index in [1.165, 1.54) is 34.2 Å². The summed E-state index contributed by atoms with van der Waals surface area (Å²) in [6, 6.07) is 9.21. The lowest BCUT2D eigenvalue weighted by Crippen LogP contribution is -2.28. The summed E-state index contributed by atoms with van der Waals surface area (Å²) in [6.07, 6.45) is -1.64. The van der Waals surface area contributed by atoms with Gasteiger partial charge in [0.2, 0.25) is 0 Å². The maximum atomic E-state index is 13.2. The molecule has 0 spiro atoms. The van der Waals surface area contributed by atoms with E-state index in [4.69, 9.17) is 0 Å². The summed E-state index contributed by atoms with van der Waals surface area (Å²) in [5.41, 5.74) is 0.0627. The van der Waals surface area contributed by atoms with Crippen molar-refractivity contribution in [2.75, 3.05) is 0 Å². The topological polar surface area (TPSA) is 89.8 Å². The molecular weight excluding hydrogens is 479 g/mol. The monoisotopic (exact) mass is 495 g/mol. The summed E-state index contributed by atoms with van der Waals surface area (Å²) in [6.45, 7) is 1.79. The molecule has 176 valence electrons. The Morgan fingerprint density at radius 1 is 1.06 bits per heavy atom. The molecule has 0 unspecified atom stereocenters. The minimum Gasteiger partial charge on any atom is -0.343 e. The van der Waals surface area contributed by atoms with Gasteiger partial charge in [0.25, 0.3) is 11.5 Å². The molecule has 0 aliphatic carbocycles. The van der Waals surface area contributed by atoms with Crippen molar-refractivity contribution in [3.05, 3.63) is 92.9 Å². The second-order valence-electron chi connectivity index (χ2n) is 7.76. The van der Waals surface area contributed by atoms with Gasteiger partial charge in [-0.05, 0) is 43.3 Å². The second-order valence-corrected chi connectivity index (χ2v) is 8.51. The molecule has 4 heterocycles. The lowest BCUT2D eigenvalue weighted by Gasteiger charge is -2.14. The number of benzene rings is 1. The highest BCUT2D eigenvalue weighted by Gasteiger charge is 2.30. The number of carbonyl (C=O) groups is 1. The number of hydrogen-bond donors (Lipinski definition) is 1. The van der Waals surface area contributed by atoms with Crippen LogP contribution >= 0.6 is 11.3 Å². The van der Waals surface area contributed by atoms with Gasteiger partial charge in [-0.15, -0.1) is 0 Å². The zero-order chi connectivity index (χ0) is 24.7. The van der Waals surface area contributed by atoms with E-state index in [9.17, 15) is 22.8 Å². The number of amides is 1. The van der Waals surface area contributed by atoms with Gasteiger partial charge >= 0.3 is 6.18 Å². The van der Waals surface area contributed by atoms with Gasteiger partial charge in [0.05, 0.1) is 34.6 Å². The van der Waals surface area contributed by atoms with Gasteiger partial charge in [-0.25, -0.2) is 9.97 Å². The van der Waals surface area contributed by atoms with Crippen LogP contribution in [0.3, 0.4) is 0 Å². The zero-order valence-corrected chi connectivity index (χ0v) is 18.9. The van der Waals surface area contributed by atoms with Crippen LogP contribution in [0.5, 0.6) is 0 Å². The van der Waals surface area contributed by atoms with E-state index in [-0.39, 0.29) is 23.1 Å². The smallest absolute Gasteiger partial charge is 0.343 e. The van der Waals surface area contributed by atoms with E-state index in [1.807, 2.05) is 6.07 Å². The van der Waals surface area contributed by atoms with Crippen molar-refractivity contribution >= 4 is 39.2 Å². The molecule has 1 amide bonds. The van der Waals surface area contributed by atoms with Crippen molar-refractivity contribution in [3.63, 3.8) is 0 Å². The van der Waals surface area contributed by atoms with E-state index in [1.54, 1.807) is 36.0 Å². The summed E-state index contributed by atoms with van der Waals surface area (Å²) in [7, 11) is 0. The van der Waals surface area contributed by atoms with Gasteiger partial charge in [-0.1, -0.05) is 6.07 Å². The highest BCUT2D eigenvalue weighted by atomic mass is 32.1. The molecule has 0 bridgehead atoms. The maximum absolute atomic E-state index is 13.2. The molecule has 0 fully saturated rings. The number of nitrogens with one attached hydrogen (secondary N) is 1. The fourth-order valence-corrected chi connectivity index (χ4v) is 4.52. The minimum absolute atomic E-state index is 0.0328. The number of hydrogen-bond acceptors (Lipinski definition) is 6. The number of fused-ring (bicyclic) bond motifs is 3. The largest absolute Gasteiger partial charge is 0.416 e. The molecule has 0 saturated carbocycles. The molecule has 1 atom stereocenters. The van der Waals surface area contributed by atoms with E-state index in [0.29, 0.717) is 22.0 Å². The first-order chi connectivity index (χ1) is 16.7. The van der Waals surface area contributed by atoms with Gasteiger partial charge in [0, 0.05) is 22.3 Å². The molecule has 0 radical (unpaired) electrons. The number of thiophene rings is 1. The Hall–Kier alpha value is -4.12. The van der Waals surface area contributed by atoms with Crippen LogP contribution in [-0.4, -0.2) is 25.4 Å². The highest BCUT2D eigenvalue weighted by Crippen LogP contribution is 2.30. The van der Waals surface area contributed by atoms with Crippen molar-refractivity contribution < 1.29 is 18.0 Å². The van der Waals surface area contributed by atoms with Crippen molar-refractivity contribution in [2.45, 2.75) is 19.1 Å². The van der Waals surface area contributed by atoms with Gasteiger partial charge in [0.15, 0.2) is 5.65 Å². The van der Waals surface area contributed by atoms with Crippen LogP contribution in [0.15, 0.2) is 70.4 Å². The summed E-state index contributed by atoms with van der Waals surface area (Å²) in [4.78, 5) is 39.1. The van der Waals surface area contributed by atoms with Gasteiger partial charge in [0.1, 0.15) is 11.2 Å². The van der Waals surface area contributed by atoms with Gasteiger partial charge < -0.3 is 5.32 Å². The number of halogens is 3. The normalized spacial score (nSPS) is 12.7. The highest BCUT2D eigenvalue weighted by molar-refractivity contribution is 7.09. The average molecular weight is 495 g/mol. The molecule has 11 heteroatoms. The van der Waals surface area contributed by atoms with Crippen LogP contribution in [0.25, 0.3) is 27.6 Å². The number of aromatic nitrogens is 4. The van der Waals surface area contributed by atoms with Crippen molar-refractivity contribution in [3.8, 4) is 5.69 Å². The first kappa shape index (κ1) is 22.7. The molecule has 0 aliphatic heterocycles. The molecule has 35 heavy (non-hydrogen) atoms. The molecule has 0 aliphatic rings. The Morgan fingerprint density at radius 2 is 1.80 bits per heavy atom. The van der Waals surface area contributed by atoms with E-state index in [0.717, 1.165) is 12.1 Å². The molecule has 1 N–H and O–H groups in total. The average Bonchev–Trinajstić information content (AvgIpc) is 3.35. The predicted molar refractivity (Wildman–Crippen MR) is 126 cm³/mol. The molecular formula is C24H16F3N5O2S. The standard InChI is InChI=1S/C24H16F3N5O2S/c1-13(18-4-2-3-9-28-18)30-22(33)19-10-29-21-20(31-19)16-11-35-12-17(16)23(34)32(21)15-7-5-14(6-8-15)24(25,26)27/h2-13H,1H3,(H,30,33)/t13-/m0/s1. The van der Waals surface area contributed by atoms with Crippen molar-refractivity contribution in [1.82, 2.24) is 24.8 Å². The fraction of sp³-hybridized carbons (Fsp3) is 0.125.